The van der Waals surface area contributed by atoms with Crippen molar-refractivity contribution in [2.24, 2.45) is 0 Å². The smallest absolute Gasteiger partial charge is 0.409 e. The number of aryl methyl sites for hydroxylation is 1. The average Bonchev–Trinajstić information content (AvgIpc) is 3.39. The fraction of sp³-hybridized carbons (Fsp3) is 0.385. The number of sulfonamides is 1. The second-order valence-electron chi connectivity index (χ2n) is 8.35. The van der Waals surface area contributed by atoms with Crippen molar-refractivity contribution in [3.63, 3.8) is 0 Å². The van der Waals surface area contributed by atoms with Gasteiger partial charge in [-0.2, -0.15) is 0 Å². The van der Waals surface area contributed by atoms with Gasteiger partial charge in [-0.1, -0.05) is 36.7 Å². The van der Waals surface area contributed by atoms with Gasteiger partial charge in [0.15, 0.2) is 0 Å². The van der Waals surface area contributed by atoms with Gasteiger partial charge in [0.1, 0.15) is 6.61 Å². The Morgan fingerprint density at radius 2 is 1.84 bits per heavy atom. The van der Waals surface area contributed by atoms with Crippen LogP contribution in [0.3, 0.4) is 0 Å². The molecule has 0 aliphatic carbocycles. The van der Waals surface area contributed by atoms with Crippen molar-refractivity contribution in [1.29, 1.82) is 0 Å². The first-order valence-corrected chi connectivity index (χ1v) is 13.9. The van der Waals surface area contributed by atoms with Crippen LogP contribution in [0.15, 0.2) is 66.1 Å². The minimum absolute atomic E-state index is 0. The molecule has 2 aromatic carbocycles. The van der Waals surface area contributed by atoms with Gasteiger partial charge < -0.3 is 19.3 Å². The lowest BCUT2D eigenvalue weighted by molar-refractivity contribution is 0.0995. The van der Waals surface area contributed by atoms with Crippen molar-refractivity contribution in [3.05, 3.63) is 76.8 Å². The Morgan fingerprint density at radius 1 is 1.16 bits per heavy atom. The summed E-state index contributed by atoms with van der Waals surface area (Å²) in [5.74, 6) is 0. The van der Waals surface area contributed by atoms with E-state index in [2.05, 4.69) is 4.98 Å². The number of ether oxygens (including phenoxy) is 1. The summed E-state index contributed by atoms with van der Waals surface area (Å²) < 4.78 is 36.1. The molecule has 38 heavy (non-hydrogen) atoms. The third kappa shape index (κ3) is 7.86. The van der Waals surface area contributed by atoms with Crippen LogP contribution in [0.1, 0.15) is 33.3 Å². The summed E-state index contributed by atoms with van der Waals surface area (Å²) in [5, 5.41) is 10.6. The fourth-order valence-corrected chi connectivity index (χ4v) is 5.76. The number of nitrogens with zero attached hydrogens (tertiary/aromatic N) is 4. The molecule has 3 aromatic rings. The number of aromatic nitrogens is 2. The summed E-state index contributed by atoms with van der Waals surface area (Å²) in [5.41, 5.74) is 0.552. The normalized spacial score (nSPS) is 11.9. The van der Waals surface area contributed by atoms with Gasteiger partial charge in [0.05, 0.1) is 29.6 Å². The van der Waals surface area contributed by atoms with E-state index < -0.39 is 28.8 Å². The highest BCUT2D eigenvalue weighted by Crippen LogP contribution is 2.32. The van der Waals surface area contributed by atoms with E-state index in [-0.39, 0.29) is 24.6 Å². The number of rotatable bonds is 12. The van der Waals surface area contributed by atoms with E-state index in [1.165, 1.54) is 30.3 Å². The minimum atomic E-state index is -4.14. The monoisotopic (exact) mass is 584 g/mol. The Morgan fingerprint density at radius 3 is 2.45 bits per heavy atom. The Bertz CT molecular complexity index is 1270. The third-order valence-corrected chi connectivity index (χ3v) is 8.15. The van der Waals surface area contributed by atoms with Crippen LogP contribution in [0.25, 0.3) is 0 Å². The Balaban J connectivity index is 0.00000507. The van der Waals surface area contributed by atoms with Gasteiger partial charge in [-0.15, -0.1) is 0 Å². The SMILES string of the molecule is C.CCN(CCCn1ccnc1)C(=O)OC[C@@H](C)N(c1cc(Cl)ccc1CO)S(=O)(=O)c1ccc(Cl)cc1. The lowest BCUT2D eigenvalue weighted by Gasteiger charge is -2.32. The van der Waals surface area contributed by atoms with E-state index in [4.69, 9.17) is 27.9 Å². The molecule has 1 amide bonds. The molecule has 0 bridgehead atoms. The number of aliphatic hydroxyl groups is 1. The van der Waals surface area contributed by atoms with Crippen LogP contribution < -0.4 is 4.31 Å². The van der Waals surface area contributed by atoms with Gasteiger partial charge in [0, 0.05) is 47.6 Å². The molecule has 208 valence electrons. The largest absolute Gasteiger partial charge is 0.447 e. The maximum Gasteiger partial charge on any atom is 0.409 e. The zero-order valence-electron chi connectivity index (χ0n) is 20.6. The summed E-state index contributed by atoms with van der Waals surface area (Å²) in [6, 6.07) is 9.51. The summed E-state index contributed by atoms with van der Waals surface area (Å²) in [6.45, 7) is 4.45. The number of carbonyl (C=O) groups excluding carboxylic acids is 1. The predicted molar refractivity (Wildman–Crippen MR) is 150 cm³/mol. The summed E-state index contributed by atoms with van der Waals surface area (Å²) in [4.78, 5) is 18.4. The summed E-state index contributed by atoms with van der Waals surface area (Å²) in [7, 11) is -4.14. The lowest BCUT2D eigenvalue weighted by Crippen LogP contribution is -2.43. The number of amides is 1. The lowest BCUT2D eigenvalue weighted by atomic mass is 10.1. The molecule has 1 heterocycles. The van der Waals surface area contributed by atoms with Crippen LogP contribution in [0.2, 0.25) is 10.0 Å². The molecule has 0 unspecified atom stereocenters. The first-order valence-electron chi connectivity index (χ1n) is 11.7. The van der Waals surface area contributed by atoms with E-state index in [0.717, 1.165) is 4.31 Å². The predicted octanol–water partition coefficient (Wildman–Crippen LogP) is 5.45. The molecule has 9 nitrogen and oxygen atoms in total. The first-order chi connectivity index (χ1) is 17.7. The highest BCUT2D eigenvalue weighted by Gasteiger charge is 2.32. The second-order valence-corrected chi connectivity index (χ2v) is 11.0. The van der Waals surface area contributed by atoms with Gasteiger partial charge in [-0.25, -0.2) is 18.2 Å². The van der Waals surface area contributed by atoms with Crippen molar-refractivity contribution >= 4 is 45.0 Å². The minimum Gasteiger partial charge on any atom is -0.447 e. The van der Waals surface area contributed by atoms with Gasteiger partial charge in [-0.05, 0) is 56.7 Å². The zero-order valence-corrected chi connectivity index (χ0v) is 23.0. The van der Waals surface area contributed by atoms with Crippen molar-refractivity contribution in [3.8, 4) is 0 Å². The fourth-order valence-electron chi connectivity index (χ4n) is 3.79. The molecule has 1 N–H and O–H groups in total. The molecule has 0 aliphatic rings. The van der Waals surface area contributed by atoms with Crippen LogP contribution >= 0.6 is 23.2 Å². The van der Waals surface area contributed by atoms with Crippen molar-refractivity contribution in [2.75, 3.05) is 24.0 Å². The van der Waals surface area contributed by atoms with Crippen LogP contribution in [0, 0.1) is 0 Å². The quantitative estimate of drug-likeness (QED) is 0.303. The number of anilines is 1. The van der Waals surface area contributed by atoms with Crippen molar-refractivity contribution in [1.82, 2.24) is 14.5 Å². The van der Waals surface area contributed by atoms with Crippen LogP contribution in [0.4, 0.5) is 10.5 Å². The van der Waals surface area contributed by atoms with Gasteiger partial charge in [0.2, 0.25) is 0 Å². The molecule has 0 aliphatic heterocycles. The number of imidazole rings is 1. The Hall–Kier alpha value is -2.79. The molecule has 1 atom stereocenters. The molecule has 0 radical (unpaired) electrons. The highest BCUT2D eigenvalue weighted by molar-refractivity contribution is 7.92. The van der Waals surface area contributed by atoms with Crippen LogP contribution in [-0.4, -0.2) is 59.8 Å². The van der Waals surface area contributed by atoms with Gasteiger partial charge in [0.25, 0.3) is 10.0 Å². The number of hydrogen-bond acceptors (Lipinski definition) is 6. The van der Waals surface area contributed by atoms with Crippen LogP contribution in [0.5, 0.6) is 0 Å². The number of carbonyl (C=O) groups is 1. The standard InChI is InChI=1S/C25H30Cl2N4O5S.CH4/c1-3-30(13-4-12-29-14-11-28-18-29)25(33)36-17-19(2)31(24-15-22(27)6-5-20(24)16-32)37(34,35)23-9-7-21(26)8-10-23;/h5-11,14-15,18-19,32H,3-4,12-13,16-17H2,1-2H3;1H4/t19-;/m1./s1. The van der Waals surface area contributed by atoms with E-state index >= 15 is 0 Å². The van der Waals surface area contributed by atoms with Gasteiger partial charge in [-0.3, -0.25) is 4.31 Å². The van der Waals surface area contributed by atoms with Gasteiger partial charge >= 0.3 is 6.09 Å². The zero-order chi connectivity index (χ0) is 27.0. The molecule has 1 aromatic heterocycles. The Kier molecular flexibility index (Phi) is 11.9. The average molecular weight is 586 g/mol. The number of halogens is 2. The molecular weight excluding hydrogens is 551 g/mol. The maximum absolute atomic E-state index is 13.8. The molecule has 3 rings (SSSR count). The van der Waals surface area contributed by atoms with E-state index in [1.54, 1.807) is 36.5 Å². The molecule has 0 saturated carbocycles. The topological polar surface area (TPSA) is 105 Å². The van der Waals surface area contributed by atoms with Crippen molar-refractivity contribution in [2.45, 2.75) is 51.8 Å². The maximum atomic E-state index is 13.8. The highest BCUT2D eigenvalue weighted by atomic mass is 35.5. The first kappa shape index (κ1) is 31.4. The molecule has 0 spiro atoms. The van der Waals surface area contributed by atoms with E-state index in [9.17, 15) is 18.3 Å². The summed E-state index contributed by atoms with van der Waals surface area (Å²) in [6.07, 6.45) is 5.41. The van der Waals surface area contributed by atoms with E-state index in [0.29, 0.717) is 41.7 Å². The second kappa shape index (κ2) is 14.4. The molecule has 12 heteroatoms. The number of aliphatic hydroxyl groups excluding tert-OH is 1. The van der Waals surface area contributed by atoms with Crippen molar-refractivity contribution < 1.29 is 23.1 Å². The number of hydrogen-bond donors (Lipinski definition) is 1. The van der Waals surface area contributed by atoms with Crippen LogP contribution in [-0.2, 0) is 27.9 Å². The third-order valence-electron chi connectivity index (χ3n) is 5.72. The number of benzene rings is 2. The summed E-state index contributed by atoms with van der Waals surface area (Å²) >= 11 is 12.2. The molecular formula is C26H34Cl2N4O5S. The van der Waals surface area contributed by atoms with E-state index in [1.807, 2.05) is 17.7 Å². The molecule has 0 fully saturated rings. The molecule has 0 saturated heterocycles. The Labute approximate surface area is 234 Å².